The minimum absolute atomic E-state index is 0.0270. The van der Waals surface area contributed by atoms with Crippen molar-refractivity contribution < 1.29 is 24.3 Å². The van der Waals surface area contributed by atoms with Gasteiger partial charge in [0.25, 0.3) is 0 Å². The molecule has 132 valence electrons. The molecule has 6 N–H and O–H groups in total. The zero-order valence-electron chi connectivity index (χ0n) is 13.1. The van der Waals surface area contributed by atoms with E-state index in [-0.39, 0.29) is 25.7 Å². The molecular formula is C14H21N5O5. The summed E-state index contributed by atoms with van der Waals surface area (Å²) in [6.45, 7) is 0.671. The number of hydrogen-bond acceptors (Lipinski definition) is 6. The van der Waals surface area contributed by atoms with E-state index in [1.165, 1.54) is 0 Å². The van der Waals surface area contributed by atoms with E-state index in [1.807, 2.05) is 6.20 Å². The second kappa shape index (κ2) is 9.40. The molecule has 1 aromatic rings. The SMILES string of the molecule is NC(=O)CC[C@@H](C(=O)O)N1C(=O)CCC1=O.NCCc1c[nH]cn1. The van der Waals surface area contributed by atoms with Gasteiger partial charge in [0.15, 0.2) is 0 Å². The van der Waals surface area contributed by atoms with Crippen molar-refractivity contribution in [3.63, 3.8) is 0 Å². The third kappa shape index (κ3) is 5.80. The van der Waals surface area contributed by atoms with E-state index < -0.39 is 29.7 Å². The van der Waals surface area contributed by atoms with E-state index in [4.69, 9.17) is 16.6 Å². The highest BCUT2D eigenvalue weighted by molar-refractivity contribution is 6.04. The van der Waals surface area contributed by atoms with Crippen molar-refractivity contribution in [3.05, 3.63) is 18.2 Å². The molecular weight excluding hydrogens is 318 g/mol. The molecule has 3 amide bonds. The van der Waals surface area contributed by atoms with E-state index in [1.54, 1.807) is 6.33 Å². The minimum atomic E-state index is -1.30. The van der Waals surface area contributed by atoms with Crippen molar-refractivity contribution in [1.82, 2.24) is 14.9 Å². The van der Waals surface area contributed by atoms with Crippen LogP contribution in [0.25, 0.3) is 0 Å². The van der Waals surface area contributed by atoms with Gasteiger partial charge in [0, 0.05) is 31.9 Å². The smallest absolute Gasteiger partial charge is 0.326 e. The van der Waals surface area contributed by atoms with Crippen molar-refractivity contribution in [1.29, 1.82) is 0 Å². The number of H-pyrrole nitrogens is 1. The fraction of sp³-hybridized carbons (Fsp3) is 0.500. The fourth-order valence-electron chi connectivity index (χ4n) is 2.16. The lowest BCUT2D eigenvalue weighted by molar-refractivity contribution is -0.154. The molecule has 1 fully saturated rings. The summed E-state index contributed by atoms with van der Waals surface area (Å²) in [5.74, 6) is -2.99. The molecule has 0 radical (unpaired) electrons. The van der Waals surface area contributed by atoms with E-state index in [2.05, 4.69) is 9.97 Å². The standard InChI is InChI=1S/C9H12N2O5.C5H9N3/c10-6(12)2-1-5(9(15)16)11-7(13)3-4-8(11)14;6-2-1-5-3-7-4-8-5/h5H,1-4H2,(H2,10,12)(H,15,16);3-4H,1-2,6H2,(H,7,8)/t5-;/m0./s1. The molecule has 1 aliphatic heterocycles. The first-order valence-electron chi connectivity index (χ1n) is 7.40. The largest absolute Gasteiger partial charge is 0.480 e. The van der Waals surface area contributed by atoms with Gasteiger partial charge >= 0.3 is 5.97 Å². The first-order chi connectivity index (χ1) is 11.4. The Morgan fingerprint density at radius 1 is 1.33 bits per heavy atom. The number of aliphatic carboxylic acids is 1. The topological polar surface area (TPSA) is 172 Å². The molecule has 1 saturated heterocycles. The number of imide groups is 1. The van der Waals surface area contributed by atoms with Gasteiger partial charge < -0.3 is 21.6 Å². The molecule has 0 saturated carbocycles. The van der Waals surface area contributed by atoms with Crippen LogP contribution < -0.4 is 11.5 Å². The van der Waals surface area contributed by atoms with E-state index >= 15 is 0 Å². The number of rotatable bonds is 7. The van der Waals surface area contributed by atoms with Crippen molar-refractivity contribution in [2.45, 2.75) is 38.1 Å². The van der Waals surface area contributed by atoms with E-state index in [0.717, 1.165) is 12.1 Å². The van der Waals surface area contributed by atoms with Crippen LogP contribution in [0.4, 0.5) is 0 Å². The van der Waals surface area contributed by atoms with Gasteiger partial charge in [-0.05, 0) is 13.0 Å². The van der Waals surface area contributed by atoms with Gasteiger partial charge in [-0.2, -0.15) is 0 Å². The average Bonchev–Trinajstić information content (AvgIpc) is 3.12. The number of nitrogens with one attached hydrogen (secondary N) is 1. The molecule has 0 aliphatic carbocycles. The molecule has 1 atom stereocenters. The predicted molar refractivity (Wildman–Crippen MR) is 82.3 cm³/mol. The summed E-state index contributed by atoms with van der Waals surface area (Å²) in [6.07, 6.45) is 4.12. The van der Waals surface area contributed by atoms with Gasteiger partial charge in [-0.25, -0.2) is 9.78 Å². The number of carbonyl (C=O) groups excluding carboxylic acids is 3. The number of nitrogens with two attached hydrogens (primary N) is 2. The Morgan fingerprint density at radius 3 is 2.38 bits per heavy atom. The van der Waals surface area contributed by atoms with Crippen molar-refractivity contribution in [2.24, 2.45) is 11.5 Å². The quantitative estimate of drug-likeness (QED) is 0.450. The highest BCUT2D eigenvalue weighted by Crippen LogP contribution is 2.18. The Labute approximate surface area is 138 Å². The lowest BCUT2D eigenvalue weighted by atomic mass is 10.1. The van der Waals surface area contributed by atoms with Crippen molar-refractivity contribution in [3.8, 4) is 0 Å². The lowest BCUT2D eigenvalue weighted by Crippen LogP contribution is -2.44. The van der Waals surface area contributed by atoms with E-state index in [0.29, 0.717) is 11.4 Å². The van der Waals surface area contributed by atoms with Crippen molar-refractivity contribution in [2.75, 3.05) is 6.54 Å². The molecule has 0 unspecified atom stereocenters. The van der Waals surface area contributed by atoms with E-state index in [9.17, 15) is 19.2 Å². The second-order valence-corrected chi connectivity index (χ2v) is 5.12. The molecule has 1 aliphatic rings. The van der Waals surface area contributed by atoms with Crippen LogP contribution in [-0.4, -0.2) is 56.3 Å². The number of hydrogen-bond donors (Lipinski definition) is 4. The van der Waals surface area contributed by atoms with Crippen LogP contribution >= 0.6 is 0 Å². The molecule has 0 spiro atoms. The molecule has 10 nitrogen and oxygen atoms in total. The van der Waals surface area contributed by atoms with Crippen LogP contribution in [0.5, 0.6) is 0 Å². The maximum atomic E-state index is 11.3. The number of carbonyl (C=O) groups is 4. The van der Waals surface area contributed by atoms with Crippen LogP contribution in [0, 0.1) is 0 Å². The van der Waals surface area contributed by atoms with Crippen LogP contribution in [0.3, 0.4) is 0 Å². The Hall–Kier alpha value is -2.75. The summed E-state index contributed by atoms with van der Waals surface area (Å²) < 4.78 is 0. The molecule has 0 bridgehead atoms. The predicted octanol–water partition coefficient (Wildman–Crippen LogP) is -1.23. The number of carboxylic acids is 1. The third-order valence-corrected chi connectivity index (χ3v) is 3.31. The molecule has 10 heteroatoms. The minimum Gasteiger partial charge on any atom is -0.480 e. The van der Waals surface area contributed by atoms with Gasteiger partial charge in [0.1, 0.15) is 6.04 Å². The summed E-state index contributed by atoms with van der Waals surface area (Å²) in [7, 11) is 0. The normalized spacial score (nSPS) is 15.0. The second-order valence-electron chi connectivity index (χ2n) is 5.12. The summed E-state index contributed by atoms with van der Waals surface area (Å²) in [4.78, 5) is 51.6. The zero-order chi connectivity index (χ0) is 18.1. The fourth-order valence-corrected chi connectivity index (χ4v) is 2.16. The highest BCUT2D eigenvalue weighted by atomic mass is 16.4. The molecule has 2 heterocycles. The Bertz CT molecular complexity index is 570. The maximum absolute atomic E-state index is 11.3. The number of primary amides is 1. The summed E-state index contributed by atoms with van der Waals surface area (Å²) in [5, 5.41) is 8.88. The van der Waals surface area contributed by atoms with Gasteiger partial charge in [-0.3, -0.25) is 19.3 Å². The Morgan fingerprint density at radius 2 is 1.96 bits per heavy atom. The number of nitrogens with zero attached hydrogens (tertiary/aromatic N) is 2. The van der Waals surface area contributed by atoms with Crippen LogP contribution in [0.2, 0.25) is 0 Å². The summed E-state index contributed by atoms with van der Waals surface area (Å²) in [5.41, 5.74) is 11.2. The summed E-state index contributed by atoms with van der Waals surface area (Å²) >= 11 is 0. The van der Waals surface area contributed by atoms with Crippen LogP contribution in [0.1, 0.15) is 31.4 Å². The monoisotopic (exact) mass is 339 g/mol. The zero-order valence-corrected chi connectivity index (χ0v) is 13.1. The van der Waals surface area contributed by atoms with Crippen LogP contribution in [0.15, 0.2) is 12.5 Å². The highest BCUT2D eigenvalue weighted by Gasteiger charge is 2.38. The third-order valence-electron chi connectivity index (χ3n) is 3.31. The summed E-state index contributed by atoms with van der Waals surface area (Å²) in [6, 6.07) is -1.28. The number of likely N-dealkylation sites (tertiary alicyclic amines) is 1. The number of aromatic nitrogens is 2. The van der Waals surface area contributed by atoms with Crippen LogP contribution in [-0.2, 0) is 25.6 Å². The first kappa shape index (κ1) is 19.3. The first-order valence-corrected chi connectivity index (χ1v) is 7.40. The lowest BCUT2D eigenvalue weighted by Gasteiger charge is -2.21. The van der Waals surface area contributed by atoms with Gasteiger partial charge in [0.05, 0.1) is 12.0 Å². The maximum Gasteiger partial charge on any atom is 0.326 e. The van der Waals surface area contributed by atoms with Gasteiger partial charge in [-0.15, -0.1) is 0 Å². The average molecular weight is 339 g/mol. The van der Waals surface area contributed by atoms with Gasteiger partial charge in [-0.1, -0.05) is 0 Å². The molecule has 2 rings (SSSR count). The number of amides is 3. The number of carboxylic acid groups (broad SMARTS) is 1. The number of aromatic amines is 1. The molecule has 1 aromatic heterocycles. The Kier molecular flexibility index (Phi) is 7.56. The van der Waals surface area contributed by atoms with Crippen molar-refractivity contribution >= 4 is 23.7 Å². The Balaban J connectivity index is 0.000000300. The molecule has 24 heavy (non-hydrogen) atoms. The van der Waals surface area contributed by atoms with Gasteiger partial charge in [0.2, 0.25) is 17.7 Å². The molecule has 0 aromatic carbocycles. The number of imidazole rings is 1.